The van der Waals surface area contributed by atoms with E-state index in [1.165, 1.54) is 0 Å². The molecular weight excluding hydrogens is 306 g/mol. The Kier molecular flexibility index (Phi) is 3.54. The average molecular weight is 321 g/mol. The van der Waals surface area contributed by atoms with Gasteiger partial charge in [0.05, 0.1) is 17.8 Å². The Labute approximate surface area is 137 Å². The van der Waals surface area contributed by atoms with Crippen LogP contribution in [0.1, 0.15) is 30.9 Å². The molecule has 8 heteroatoms. The van der Waals surface area contributed by atoms with Gasteiger partial charge in [-0.05, 0) is 18.9 Å². The molecular formula is C16H15N7O. The van der Waals surface area contributed by atoms with Crippen LogP contribution in [0.4, 0.5) is 0 Å². The number of aromatic amines is 1. The van der Waals surface area contributed by atoms with Crippen molar-refractivity contribution in [3.63, 3.8) is 0 Å². The van der Waals surface area contributed by atoms with Gasteiger partial charge in [-0.2, -0.15) is 5.26 Å². The zero-order valence-electron chi connectivity index (χ0n) is 12.9. The van der Waals surface area contributed by atoms with Crippen molar-refractivity contribution in [2.45, 2.75) is 25.2 Å². The van der Waals surface area contributed by atoms with E-state index in [-0.39, 0.29) is 18.2 Å². The highest BCUT2D eigenvalue weighted by Gasteiger charge is 2.27. The van der Waals surface area contributed by atoms with Crippen molar-refractivity contribution in [1.82, 2.24) is 30.0 Å². The highest BCUT2D eigenvalue weighted by atomic mass is 16.2. The number of nitrogens with zero attached hydrogens (tertiary/aromatic N) is 6. The van der Waals surface area contributed by atoms with Crippen LogP contribution in [-0.4, -0.2) is 49.0 Å². The fourth-order valence-electron chi connectivity index (χ4n) is 3.40. The second-order valence-corrected chi connectivity index (χ2v) is 5.91. The second kappa shape index (κ2) is 5.85. The largest absolute Gasteiger partial charge is 0.349 e. The lowest BCUT2D eigenvalue weighted by molar-refractivity contribution is -0.131. The van der Waals surface area contributed by atoms with E-state index in [0.717, 1.165) is 29.3 Å². The third kappa shape index (κ3) is 2.34. The van der Waals surface area contributed by atoms with E-state index in [2.05, 4.69) is 25.1 Å². The molecule has 1 saturated heterocycles. The van der Waals surface area contributed by atoms with Gasteiger partial charge < -0.3 is 9.88 Å². The number of aromatic nitrogens is 5. The van der Waals surface area contributed by atoms with E-state index in [1.807, 2.05) is 12.1 Å². The van der Waals surface area contributed by atoms with Gasteiger partial charge in [0.25, 0.3) is 0 Å². The summed E-state index contributed by atoms with van der Waals surface area (Å²) in [6.45, 7) is 1.29. The van der Waals surface area contributed by atoms with E-state index < -0.39 is 0 Å². The number of hydrogen-bond acceptors (Lipinski definition) is 6. The molecule has 4 rings (SSSR count). The van der Waals surface area contributed by atoms with Crippen molar-refractivity contribution in [1.29, 1.82) is 5.26 Å². The molecule has 1 fully saturated rings. The van der Waals surface area contributed by atoms with E-state index in [9.17, 15) is 4.79 Å². The number of carbonyl (C=O) groups is 1. The quantitative estimate of drug-likeness (QED) is 0.766. The fourth-order valence-corrected chi connectivity index (χ4v) is 3.40. The van der Waals surface area contributed by atoms with Crippen molar-refractivity contribution >= 4 is 28.0 Å². The molecule has 1 aliphatic heterocycles. The molecule has 0 aromatic carbocycles. The molecule has 3 aromatic heterocycles. The smallest absolute Gasteiger partial charge is 0.236 e. The maximum atomic E-state index is 12.1. The maximum Gasteiger partial charge on any atom is 0.236 e. The number of piperidine rings is 1. The summed E-state index contributed by atoms with van der Waals surface area (Å²) in [6.07, 6.45) is 5.12. The Morgan fingerprint density at radius 3 is 3.12 bits per heavy atom. The van der Waals surface area contributed by atoms with Crippen LogP contribution in [0.5, 0.6) is 0 Å². The summed E-state index contributed by atoms with van der Waals surface area (Å²) >= 11 is 0. The molecule has 8 nitrogen and oxygen atoms in total. The number of hydrogen-bond donors (Lipinski definition) is 1. The minimum atomic E-state index is -0.111. The maximum absolute atomic E-state index is 12.1. The summed E-state index contributed by atoms with van der Waals surface area (Å²) in [5, 5.41) is 18.8. The van der Waals surface area contributed by atoms with Crippen molar-refractivity contribution in [3.8, 4) is 6.07 Å². The van der Waals surface area contributed by atoms with E-state index in [0.29, 0.717) is 24.4 Å². The van der Waals surface area contributed by atoms with E-state index in [4.69, 9.17) is 5.26 Å². The molecule has 120 valence electrons. The van der Waals surface area contributed by atoms with Gasteiger partial charge in [-0.25, -0.2) is 9.97 Å². The van der Waals surface area contributed by atoms with Crippen LogP contribution < -0.4 is 0 Å². The van der Waals surface area contributed by atoms with Crippen molar-refractivity contribution in [3.05, 3.63) is 24.3 Å². The third-order valence-electron chi connectivity index (χ3n) is 4.50. The van der Waals surface area contributed by atoms with Crippen LogP contribution in [0.2, 0.25) is 0 Å². The van der Waals surface area contributed by atoms with Gasteiger partial charge >= 0.3 is 0 Å². The van der Waals surface area contributed by atoms with Crippen LogP contribution in [0.25, 0.3) is 22.1 Å². The number of likely N-dealkylation sites (tertiary alicyclic amines) is 1. The number of nitriles is 1. The van der Waals surface area contributed by atoms with Gasteiger partial charge in [-0.1, -0.05) is 0 Å². The monoisotopic (exact) mass is 321 g/mol. The minimum absolute atomic E-state index is 0.0734. The molecule has 3 aromatic rings. The van der Waals surface area contributed by atoms with Crippen molar-refractivity contribution < 1.29 is 4.79 Å². The first-order valence-electron chi connectivity index (χ1n) is 7.87. The molecule has 1 amide bonds. The Hall–Kier alpha value is -3.08. The first-order chi connectivity index (χ1) is 11.8. The zero-order chi connectivity index (χ0) is 16.5. The first kappa shape index (κ1) is 14.5. The van der Waals surface area contributed by atoms with Gasteiger partial charge in [-0.3, -0.25) is 4.79 Å². The van der Waals surface area contributed by atoms with Crippen LogP contribution in [-0.2, 0) is 4.79 Å². The molecule has 0 bridgehead atoms. The highest BCUT2D eigenvalue weighted by Crippen LogP contribution is 2.32. The van der Waals surface area contributed by atoms with Gasteiger partial charge in [0.1, 0.15) is 6.42 Å². The Bertz CT molecular complexity index is 958. The van der Waals surface area contributed by atoms with E-state index >= 15 is 0 Å². The normalized spacial score (nSPS) is 18.0. The molecule has 0 radical (unpaired) electrons. The molecule has 0 saturated carbocycles. The minimum Gasteiger partial charge on any atom is -0.349 e. The molecule has 1 N–H and O–H groups in total. The molecule has 4 heterocycles. The molecule has 0 spiro atoms. The summed E-state index contributed by atoms with van der Waals surface area (Å²) in [6, 6.07) is 3.84. The summed E-state index contributed by atoms with van der Waals surface area (Å²) in [7, 11) is 0. The number of rotatable bonds is 2. The summed E-state index contributed by atoms with van der Waals surface area (Å²) in [5.74, 6) is 0.0367. The number of H-pyrrole nitrogens is 1. The van der Waals surface area contributed by atoms with Crippen molar-refractivity contribution in [2.24, 2.45) is 0 Å². The Balaban J connectivity index is 1.77. The predicted octanol–water partition coefficient (Wildman–Crippen LogP) is 1.52. The number of carbonyl (C=O) groups excluding carboxylic acids is 1. The Morgan fingerprint density at radius 1 is 1.38 bits per heavy atom. The summed E-state index contributed by atoms with van der Waals surface area (Å²) in [4.78, 5) is 25.5. The number of amides is 1. The van der Waals surface area contributed by atoms with Gasteiger partial charge in [0.2, 0.25) is 5.91 Å². The molecule has 24 heavy (non-hydrogen) atoms. The topological polar surface area (TPSA) is 111 Å². The number of nitrogens with one attached hydrogen (secondary N) is 1. The predicted molar refractivity (Wildman–Crippen MR) is 85.8 cm³/mol. The van der Waals surface area contributed by atoms with Gasteiger partial charge in [0, 0.05) is 36.3 Å². The standard InChI is InChI=1S/C16H15N7O/c17-5-3-12(24)23-7-1-2-10(8-23)14-13-11-4-6-18-15(11)21-22-16(13)20-9-19-14/h4,6,9-10H,1-3,7-8H2,(H,19,20,22). The fraction of sp³-hybridized carbons (Fsp3) is 0.375. The number of fused-ring (bicyclic) bond motifs is 3. The van der Waals surface area contributed by atoms with Crippen LogP contribution in [0.3, 0.4) is 0 Å². The van der Waals surface area contributed by atoms with Crippen LogP contribution in [0.15, 0.2) is 18.6 Å². The van der Waals surface area contributed by atoms with Crippen LogP contribution >= 0.6 is 0 Å². The summed E-state index contributed by atoms with van der Waals surface area (Å²) in [5.41, 5.74) is 2.17. The lowest BCUT2D eigenvalue weighted by Crippen LogP contribution is -2.39. The van der Waals surface area contributed by atoms with Crippen molar-refractivity contribution in [2.75, 3.05) is 13.1 Å². The Morgan fingerprint density at radius 2 is 2.25 bits per heavy atom. The SMILES string of the molecule is N#CCC(=O)N1CCCC(c2[nH]cnc3nnc4nccc4c23)C1. The highest BCUT2D eigenvalue weighted by molar-refractivity contribution is 6.02. The molecule has 1 aliphatic rings. The van der Waals surface area contributed by atoms with Crippen LogP contribution in [0, 0.1) is 11.3 Å². The lowest BCUT2D eigenvalue weighted by Gasteiger charge is -2.32. The third-order valence-corrected chi connectivity index (χ3v) is 4.50. The molecule has 1 atom stereocenters. The second-order valence-electron chi connectivity index (χ2n) is 5.91. The zero-order valence-corrected chi connectivity index (χ0v) is 12.9. The average Bonchev–Trinajstić information content (AvgIpc) is 3.10. The van der Waals surface area contributed by atoms with E-state index in [1.54, 1.807) is 17.4 Å². The lowest BCUT2D eigenvalue weighted by atomic mass is 9.92. The summed E-state index contributed by atoms with van der Waals surface area (Å²) < 4.78 is 0. The first-order valence-corrected chi connectivity index (χ1v) is 7.87. The molecule has 0 aliphatic carbocycles. The van der Waals surface area contributed by atoms with Gasteiger partial charge in [-0.15, -0.1) is 10.2 Å². The van der Waals surface area contributed by atoms with Gasteiger partial charge in [0.15, 0.2) is 11.3 Å². The molecule has 1 unspecified atom stereocenters.